The molecule has 3 amide bonds. The van der Waals surface area contributed by atoms with Gasteiger partial charge >= 0.3 is 12.1 Å². The number of carboxylic acid groups (broad SMARTS) is 1. The number of urea groups is 1. The van der Waals surface area contributed by atoms with Crippen molar-refractivity contribution in [3.05, 3.63) is 34.9 Å². The van der Waals surface area contributed by atoms with Crippen molar-refractivity contribution in [2.24, 2.45) is 5.92 Å². The Hall–Kier alpha value is -2.07. The van der Waals surface area contributed by atoms with E-state index in [9.17, 15) is 14.8 Å². The van der Waals surface area contributed by atoms with Crippen molar-refractivity contribution in [3.63, 3.8) is 0 Å². The van der Waals surface area contributed by atoms with E-state index in [0.29, 0.717) is 43.6 Å². The van der Waals surface area contributed by atoms with Gasteiger partial charge in [0.15, 0.2) is 0 Å². The SMILES string of the molecule is CCN(CCC(CCCNC(=O)O)c1cccc(Cl)c1)C(=O)NC(CNO)C[C@H]1CCCOC1. The van der Waals surface area contributed by atoms with Crippen molar-refractivity contribution >= 4 is 23.7 Å². The summed E-state index contributed by atoms with van der Waals surface area (Å²) in [4.78, 5) is 25.5. The van der Waals surface area contributed by atoms with Crippen molar-refractivity contribution in [2.75, 3.05) is 39.4 Å². The quantitative estimate of drug-likeness (QED) is 0.195. The van der Waals surface area contributed by atoms with Crippen LogP contribution >= 0.6 is 11.6 Å². The highest BCUT2D eigenvalue weighted by Gasteiger charge is 2.23. The van der Waals surface area contributed by atoms with Crippen molar-refractivity contribution < 1.29 is 24.6 Å². The third kappa shape index (κ3) is 10.5. The fraction of sp³-hybridized carbons (Fsp3) is 0.667. The second kappa shape index (κ2) is 15.8. The van der Waals surface area contributed by atoms with Crippen LogP contribution in [0, 0.1) is 5.92 Å². The van der Waals surface area contributed by atoms with Crippen LogP contribution in [-0.4, -0.2) is 72.8 Å². The summed E-state index contributed by atoms with van der Waals surface area (Å²) in [6, 6.07) is 7.34. The predicted octanol–water partition coefficient (Wildman–Crippen LogP) is 4.06. The molecule has 0 aromatic heterocycles. The Balaban J connectivity index is 1.95. The van der Waals surface area contributed by atoms with Gasteiger partial charge in [0.1, 0.15) is 0 Å². The van der Waals surface area contributed by atoms with Crippen molar-refractivity contribution in [1.82, 2.24) is 21.0 Å². The summed E-state index contributed by atoms with van der Waals surface area (Å²) in [7, 11) is 0. The van der Waals surface area contributed by atoms with E-state index in [-0.39, 0.29) is 24.5 Å². The Morgan fingerprint density at radius 3 is 2.79 bits per heavy atom. The molecule has 1 aromatic carbocycles. The van der Waals surface area contributed by atoms with Gasteiger partial charge in [-0.1, -0.05) is 23.7 Å². The Bertz CT molecular complexity index is 748. The van der Waals surface area contributed by atoms with Gasteiger partial charge < -0.3 is 30.6 Å². The average molecular weight is 499 g/mol. The molecule has 2 unspecified atom stereocenters. The summed E-state index contributed by atoms with van der Waals surface area (Å²) >= 11 is 6.20. The topological polar surface area (TPSA) is 123 Å². The highest BCUT2D eigenvalue weighted by atomic mass is 35.5. The van der Waals surface area contributed by atoms with Gasteiger partial charge in [0.25, 0.3) is 0 Å². The number of carbonyl (C=O) groups excluding carboxylic acids is 1. The lowest BCUT2D eigenvalue weighted by molar-refractivity contribution is 0.0451. The van der Waals surface area contributed by atoms with E-state index in [2.05, 4.69) is 16.1 Å². The van der Waals surface area contributed by atoms with E-state index in [1.807, 2.05) is 31.2 Å². The standard InChI is InChI=1S/C24H39ClN4O5/c1-2-29(23(30)28-22(16-27-33)14-18-6-5-13-34-17-18)12-10-19(8-4-11-26-24(31)32)20-7-3-9-21(25)15-20/h3,7,9,15,18-19,22,26-27,33H,2,4-6,8,10-14,16-17H2,1H3,(H,28,30)(H,31,32)/t18-,19?,22?/m1/s1. The van der Waals surface area contributed by atoms with Gasteiger partial charge in [0.05, 0.1) is 0 Å². The van der Waals surface area contributed by atoms with E-state index in [4.69, 9.17) is 21.4 Å². The maximum Gasteiger partial charge on any atom is 0.404 e. The van der Waals surface area contributed by atoms with Crippen LogP contribution in [0.3, 0.4) is 0 Å². The lowest BCUT2D eigenvalue weighted by Crippen LogP contribution is -2.49. The number of halogens is 1. The van der Waals surface area contributed by atoms with Crippen LogP contribution < -0.4 is 16.1 Å². The average Bonchev–Trinajstić information content (AvgIpc) is 2.81. The second-order valence-electron chi connectivity index (χ2n) is 8.82. The minimum Gasteiger partial charge on any atom is -0.465 e. The molecule has 10 heteroatoms. The Morgan fingerprint density at radius 1 is 1.32 bits per heavy atom. The number of benzene rings is 1. The van der Waals surface area contributed by atoms with E-state index >= 15 is 0 Å². The normalized spacial score (nSPS) is 17.6. The van der Waals surface area contributed by atoms with Gasteiger partial charge in [0.2, 0.25) is 0 Å². The molecule has 0 radical (unpaired) electrons. The van der Waals surface area contributed by atoms with Gasteiger partial charge in [-0.25, -0.2) is 15.1 Å². The first-order valence-electron chi connectivity index (χ1n) is 12.1. The van der Waals surface area contributed by atoms with Gasteiger partial charge in [-0.15, -0.1) is 0 Å². The molecule has 0 spiro atoms. The van der Waals surface area contributed by atoms with Gasteiger partial charge in [-0.3, -0.25) is 0 Å². The second-order valence-corrected chi connectivity index (χ2v) is 9.26. The molecule has 1 aromatic rings. The van der Waals surface area contributed by atoms with Crippen LogP contribution in [0.25, 0.3) is 0 Å². The number of nitrogens with zero attached hydrogens (tertiary/aromatic N) is 1. The number of hydrogen-bond acceptors (Lipinski definition) is 5. The Kier molecular flexibility index (Phi) is 13.1. The number of carbonyl (C=O) groups is 2. The molecule has 1 saturated heterocycles. The minimum atomic E-state index is -1.03. The Morgan fingerprint density at radius 2 is 2.15 bits per heavy atom. The molecule has 3 atom stereocenters. The number of ether oxygens (including phenoxy) is 1. The summed E-state index contributed by atoms with van der Waals surface area (Å²) in [6.45, 7) is 5.19. The van der Waals surface area contributed by atoms with E-state index in [0.717, 1.165) is 44.3 Å². The maximum atomic E-state index is 13.0. The van der Waals surface area contributed by atoms with E-state index < -0.39 is 6.09 Å². The highest BCUT2D eigenvalue weighted by molar-refractivity contribution is 6.30. The van der Waals surface area contributed by atoms with Crippen LogP contribution in [0.15, 0.2) is 24.3 Å². The number of hydrogen-bond donors (Lipinski definition) is 5. The maximum absolute atomic E-state index is 13.0. The molecule has 1 aliphatic rings. The van der Waals surface area contributed by atoms with Crippen LogP contribution in [0.5, 0.6) is 0 Å². The first-order valence-corrected chi connectivity index (χ1v) is 12.5. The lowest BCUT2D eigenvalue weighted by atomic mass is 9.91. The molecular weight excluding hydrogens is 460 g/mol. The van der Waals surface area contributed by atoms with Gasteiger partial charge in [-0.05, 0) is 75.0 Å². The molecule has 1 fully saturated rings. The summed E-state index contributed by atoms with van der Waals surface area (Å²) in [5.41, 5.74) is 3.28. The molecule has 2 rings (SSSR count). The van der Waals surface area contributed by atoms with Crippen molar-refractivity contribution in [2.45, 2.75) is 57.4 Å². The molecule has 0 bridgehead atoms. The molecule has 0 saturated carbocycles. The smallest absolute Gasteiger partial charge is 0.404 e. The summed E-state index contributed by atoms with van der Waals surface area (Å²) in [6.07, 6.45) is 4.00. The molecule has 1 aliphatic heterocycles. The predicted molar refractivity (Wildman–Crippen MR) is 132 cm³/mol. The van der Waals surface area contributed by atoms with Gasteiger partial charge in [0, 0.05) is 50.5 Å². The number of amides is 3. The van der Waals surface area contributed by atoms with Crippen molar-refractivity contribution in [1.29, 1.82) is 0 Å². The summed E-state index contributed by atoms with van der Waals surface area (Å²) in [5.74, 6) is 0.513. The monoisotopic (exact) mass is 498 g/mol. The Labute approximate surface area is 207 Å². The number of nitrogens with one attached hydrogen (secondary N) is 3. The minimum absolute atomic E-state index is 0.144. The summed E-state index contributed by atoms with van der Waals surface area (Å²) in [5, 5.41) is 24.2. The van der Waals surface area contributed by atoms with Crippen LogP contribution in [0.2, 0.25) is 5.02 Å². The fourth-order valence-corrected chi connectivity index (χ4v) is 4.66. The zero-order valence-corrected chi connectivity index (χ0v) is 20.7. The first kappa shape index (κ1) is 28.2. The molecule has 0 aliphatic carbocycles. The van der Waals surface area contributed by atoms with E-state index in [1.54, 1.807) is 4.90 Å². The van der Waals surface area contributed by atoms with Gasteiger partial charge in [-0.2, -0.15) is 0 Å². The molecular formula is C24H39ClN4O5. The first-order chi connectivity index (χ1) is 16.4. The van der Waals surface area contributed by atoms with Crippen LogP contribution in [0.1, 0.15) is 56.9 Å². The molecule has 1 heterocycles. The highest BCUT2D eigenvalue weighted by Crippen LogP contribution is 2.27. The van der Waals surface area contributed by atoms with E-state index in [1.165, 1.54) is 0 Å². The fourth-order valence-electron chi connectivity index (χ4n) is 4.46. The van der Waals surface area contributed by atoms with Crippen LogP contribution in [0.4, 0.5) is 9.59 Å². The van der Waals surface area contributed by atoms with Crippen molar-refractivity contribution in [3.8, 4) is 0 Å². The molecule has 9 nitrogen and oxygen atoms in total. The number of hydroxylamine groups is 1. The molecule has 34 heavy (non-hydrogen) atoms. The lowest BCUT2D eigenvalue weighted by Gasteiger charge is -2.30. The third-order valence-electron chi connectivity index (χ3n) is 6.28. The molecule has 5 N–H and O–H groups in total. The number of rotatable bonds is 14. The zero-order chi connectivity index (χ0) is 24.8. The zero-order valence-electron chi connectivity index (χ0n) is 20.0. The largest absolute Gasteiger partial charge is 0.465 e. The summed E-state index contributed by atoms with van der Waals surface area (Å²) < 4.78 is 5.55. The molecule has 192 valence electrons. The third-order valence-corrected chi connectivity index (χ3v) is 6.51. The van der Waals surface area contributed by atoms with Crippen LogP contribution in [-0.2, 0) is 4.74 Å².